The first-order chi connectivity index (χ1) is 3.93. The summed E-state index contributed by atoms with van der Waals surface area (Å²) in [4.78, 5) is 2.53. The molecule has 1 heterocycles. The van der Waals surface area contributed by atoms with Gasteiger partial charge < -0.3 is 4.90 Å². The quantitative estimate of drug-likeness (QED) is 0.543. The molecule has 1 fully saturated rings. The molecule has 0 N–H and O–H groups in total. The molecule has 0 spiro atoms. The minimum atomic E-state index is 0. The predicted octanol–water partition coefficient (Wildman–Crippen LogP) is 2.14. The van der Waals surface area contributed by atoms with E-state index in [0.717, 1.165) is 0 Å². The molecule has 0 aromatic heterocycles. The van der Waals surface area contributed by atoms with Crippen LogP contribution in [0.15, 0.2) is 0 Å². The molecular weight excluding hydrogens is 340 g/mol. The number of alkyl halides is 1. The van der Waals surface area contributed by atoms with Gasteiger partial charge in [-0.25, -0.2) is 0 Å². The van der Waals surface area contributed by atoms with Crippen LogP contribution < -0.4 is 0 Å². The molecule has 1 saturated heterocycles. The van der Waals surface area contributed by atoms with Gasteiger partial charge in [0.1, 0.15) is 0 Å². The third-order valence-corrected chi connectivity index (χ3v) is 2.08. The molecule has 0 amide bonds. The normalized spacial score (nSPS) is 19.7. The molecule has 0 saturated carbocycles. The number of likely N-dealkylation sites (tertiary alicyclic amines) is 1. The van der Waals surface area contributed by atoms with Crippen molar-refractivity contribution in [2.24, 2.45) is 0 Å². The topological polar surface area (TPSA) is 3.24 Å². The lowest BCUT2D eigenvalue weighted by Gasteiger charge is -2.10. The molecule has 3 heteroatoms. The minimum Gasteiger partial charge on any atom is -0.303 e. The summed E-state index contributed by atoms with van der Waals surface area (Å²) in [5.41, 5.74) is 0. The van der Waals surface area contributed by atoms with Gasteiger partial charge in [0.05, 0.1) is 0 Å². The molecule has 0 unspecified atom stereocenters. The number of hydrogen-bond acceptors (Lipinski definition) is 1. The van der Waals surface area contributed by atoms with E-state index in [1.54, 1.807) is 0 Å². The highest BCUT2D eigenvalue weighted by Gasteiger charge is 2.08. The standard InChI is InChI=1S/C6H12IN.HI/c7-3-6-8-4-1-2-5-8;/h1-6H2;1H. The Kier molecular flexibility index (Phi) is 7.12. The number of nitrogens with zero attached hydrogens (tertiary/aromatic N) is 1. The zero-order valence-electron chi connectivity index (χ0n) is 5.48. The lowest BCUT2D eigenvalue weighted by atomic mass is 10.4. The van der Waals surface area contributed by atoms with Crippen LogP contribution in [0.1, 0.15) is 12.8 Å². The van der Waals surface area contributed by atoms with Crippen molar-refractivity contribution in [2.45, 2.75) is 12.8 Å². The lowest BCUT2D eigenvalue weighted by Crippen LogP contribution is -2.20. The van der Waals surface area contributed by atoms with Crippen LogP contribution in [0.3, 0.4) is 0 Å². The minimum absolute atomic E-state index is 0. The average Bonchev–Trinajstić information content (AvgIpc) is 2.19. The third-order valence-electron chi connectivity index (χ3n) is 1.60. The van der Waals surface area contributed by atoms with E-state index in [1.807, 2.05) is 0 Å². The maximum atomic E-state index is 2.53. The summed E-state index contributed by atoms with van der Waals surface area (Å²) in [5, 5.41) is 0. The second-order valence-electron chi connectivity index (χ2n) is 2.24. The average molecular weight is 353 g/mol. The Morgan fingerprint density at radius 3 is 2.22 bits per heavy atom. The molecule has 0 aromatic rings. The summed E-state index contributed by atoms with van der Waals surface area (Å²) in [6, 6.07) is 0. The van der Waals surface area contributed by atoms with Crippen LogP contribution in [0, 0.1) is 0 Å². The Bertz CT molecular complexity index is 62.1. The summed E-state index contributed by atoms with van der Waals surface area (Å²) in [5.74, 6) is 0. The summed E-state index contributed by atoms with van der Waals surface area (Å²) in [7, 11) is 0. The Hall–Kier alpha value is 1.42. The van der Waals surface area contributed by atoms with Gasteiger partial charge in [0, 0.05) is 11.0 Å². The van der Waals surface area contributed by atoms with Crippen molar-refractivity contribution >= 4 is 46.6 Å². The largest absolute Gasteiger partial charge is 0.303 e. The van der Waals surface area contributed by atoms with Crippen molar-refractivity contribution in [2.75, 3.05) is 24.1 Å². The van der Waals surface area contributed by atoms with Gasteiger partial charge >= 0.3 is 0 Å². The molecule has 0 bridgehead atoms. The summed E-state index contributed by atoms with van der Waals surface area (Å²) < 4.78 is 1.29. The SMILES string of the molecule is I.ICCN1CCCC1. The van der Waals surface area contributed by atoms with Crippen LogP contribution in [0.25, 0.3) is 0 Å². The molecule has 9 heavy (non-hydrogen) atoms. The molecule has 56 valence electrons. The first-order valence-electron chi connectivity index (χ1n) is 3.22. The molecule has 0 aliphatic carbocycles. The van der Waals surface area contributed by atoms with Crippen molar-refractivity contribution in [3.63, 3.8) is 0 Å². The highest BCUT2D eigenvalue weighted by atomic mass is 127. The van der Waals surface area contributed by atoms with Crippen LogP contribution in [-0.4, -0.2) is 29.0 Å². The smallest absolute Gasteiger partial charge is 0.0123 e. The van der Waals surface area contributed by atoms with Crippen molar-refractivity contribution in [1.82, 2.24) is 4.90 Å². The molecule has 0 aromatic carbocycles. The maximum absolute atomic E-state index is 2.53. The van der Waals surface area contributed by atoms with Gasteiger partial charge in [-0.15, -0.1) is 24.0 Å². The van der Waals surface area contributed by atoms with E-state index in [2.05, 4.69) is 27.5 Å². The van der Waals surface area contributed by atoms with Gasteiger partial charge in [-0.2, -0.15) is 0 Å². The van der Waals surface area contributed by atoms with E-state index in [-0.39, 0.29) is 24.0 Å². The van der Waals surface area contributed by atoms with E-state index in [0.29, 0.717) is 0 Å². The highest BCUT2D eigenvalue weighted by Crippen LogP contribution is 2.06. The third kappa shape index (κ3) is 3.98. The van der Waals surface area contributed by atoms with Gasteiger partial charge in [-0.3, -0.25) is 0 Å². The van der Waals surface area contributed by atoms with E-state index in [9.17, 15) is 0 Å². The van der Waals surface area contributed by atoms with Crippen LogP contribution in [0.2, 0.25) is 0 Å². The zero-order chi connectivity index (χ0) is 5.82. The van der Waals surface area contributed by atoms with E-state index >= 15 is 0 Å². The molecule has 1 nitrogen and oxygen atoms in total. The van der Waals surface area contributed by atoms with Gasteiger partial charge in [0.2, 0.25) is 0 Å². The first-order valence-corrected chi connectivity index (χ1v) is 4.74. The number of halogens is 2. The lowest BCUT2D eigenvalue weighted by molar-refractivity contribution is 0.364. The van der Waals surface area contributed by atoms with Gasteiger partial charge in [0.15, 0.2) is 0 Å². The fraction of sp³-hybridized carbons (Fsp3) is 1.00. The van der Waals surface area contributed by atoms with Crippen LogP contribution in [-0.2, 0) is 0 Å². The van der Waals surface area contributed by atoms with Gasteiger partial charge in [0.25, 0.3) is 0 Å². The van der Waals surface area contributed by atoms with Gasteiger partial charge in [-0.1, -0.05) is 22.6 Å². The summed E-state index contributed by atoms with van der Waals surface area (Å²) >= 11 is 2.44. The van der Waals surface area contributed by atoms with Crippen molar-refractivity contribution < 1.29 is 0 Å². The fourth-order valence-electron chi connectivity index (χ4n) is 1.13. The second kappa shape index (κ2) is 6.15. The summed E-state index contributed by atoms with van der Waals surface area (Å²) in [6.07, 6.45) is 2.85. The molecule has 0 radical (unpaired) electrons. The van der Waals surface area contributed by atoms with E-state index in [4.69, 9.17) is 0 Å². The van der Waals surface area contributed by atoms with E-state index in [1.165, 1.54) is 36.9 Å². The van der Waals surface area contributed by atoms with Crippen LogP contribution >= 0.6 is 46.6 Å². The molecular formula is C6H13I2N. The highest BCUT2D eigenvalue weighted by molar-refractivity contribution is 14.1. The molecule has 1 rings (SSSR count). The number of hydrogen-bond donors (Lipinski definition) is 0. The monoisotopic (exact) mass is 353 g/mol. The second-order valence-corrected chi connectivity index (χ2v) is 3.32. The van der Waals surface area contributed by atoms with Crippen molar-refractivity contribution in [3.8, 4) is 0 Å². The molecule has 0 atom stereocenters. The van der Waals surface area contributed by atoms with Gasteiger partial charge in [-0.05, 0) is 25.9 Å². The zero-order valence-corrected chi connectivity index (χ0v) is 9.96. The Morgan fingerprint density at radius 2 is 1.78 bits per heavy atom. The molecule has 1 aliphatic heterocycles. The molecule has 1 aliphatic rings. The fourth-order valence-corrected chi connectivity index (χ4v) is 1.81. The summed E-state index contributed by atoms with van der Waals surface area (Å²) in [6.45, 7) is 4.01. The number of rotatable bonds is 2. The van der Waals surface area contributed by atoms with Crippen molar-refractivity contribution in [3.05, 3.63) is 0 Å². The first kappa shape index (κ1) is 10.4. The maximum Gasteiger partial charge on any atom is 0.0123 e. The van der Waals surface area contributed by atoms with Crippen LogP contribution in [0.4, 0.5) is 0 Å². The Labute approximate surface area is 87.7 Å². The Morgan fingerprint density at radius 1 is 1.22 bits per heavy atom. The predicted molar refractivity (Wildman–Crippen MR) is 60.0 cm³/mol. The van der Waals surface area contributed by atoms with Crippen molar-refractivity contribution in [1.29, 1.82) is 0 Å². The van der Waals surface area contributed by atoms with E-state index < -0.39 is 0 Å². The van der Waals surface area contributed by atoms with Crippen LogP contribution in [0.5, 0.6) is 0 Å². The Balaban J connectivity index is 0.000000640.